The summed E-state index contributed by atoms with van der Waals surface area (Å²) < 4.78 is 1.97. The molecular formula is C21H14BrClN2OS. The third-order valence-corrected chi connectivity index (χ3v) is 5.88. The van der Waals surface area contributed by atoms with Crippen molar-refractivity contribution in [2.45, 2.75) is 6.92 Å². The molecule has 4 rings (SSSR count). The molecule has 1 N–H and O–H groups in total. The maximum Gasteiger partial charge on any atom is 0.143 e. The van der Waals surface area contributed by atoms with Crippen molar-refractivity contribution in [2.24, 2.45) is 4.99 Å². The normalized spacial score (nSPS) is 11.5. The van der Waals surface area contributed by atoms with Gasteiger partial charge in [-0.05, 0) is 61.0 Å². The fraction of sp³-hybridized carbons (Fsp3) is 0.0476. The number of hydrogen-bond acceptors (Lipinski definition) is 4. The molecule has 134 valence electrons. The zero-order valence-corrected chi connectivity index (χ0v) is 17.4. The first-order valence-corrected chi connectivity index (χ1v) is 10.2. The van der Waals surface area contributed by atoms with Crippen LogP contribution in [0.4, 0.5) is 5.69 Å². The lowest BCUT2D eigenvalue weighted by molar-refractivity contribution is 0.474. The third kappa shape index (κ3) is 3.90. The maximum atomic E-state index is 10.0. The van der Waals surface area contributed by atoms with E-state index in [0.717, 1.165) is 26.2 Å². The van der Waals surface area contributed by atoms with E-state index in [1.54, 1.807) is 29.7 Å². The fourth-order valence-electron chi connectivity index (χ4n) is 2.67. The zero-order chi connectivity index (χ0) is 19.0. The van der Waals surface area contributed by atoms with Gasteiger partial charge in [-0.1, -0.05) is 33.6 Å². The summed E-state index contributed by atoms with van der Waals surface area (Å²) >= 11 is 11.0. The van der Waals surface area contributed by atoms with Crippen LogP contribution in [0.5, 0.6) is 5.75 Å². The highest BCUT2D eigenvalue weighted by atomic mass is 79.9. The van der Waals surface area contributed by atoms with E-state index in [9.17, 15) is 5.11 Å². The Morgan fingerprint density at radius 3 is 2.67 bits per heavy atom. The molecule has 3 nitrogen and oxygen atoms in total. The molecule has 3 aromatic carbocycles. The Bertz CT molecular complexity index is 1170. The van der Waals surface area contributed by atoms with Crippen molar-refractivity contribution < 1.29 is 5.11 Å². The van der Waals surface area contributed by atoms with Crippen LogP contribution in [-0.2, 0) is 0 Å². The molecule has 0 saturated heterocycles. The highest BCUT2D eigenvalue weighted by Crippen LogP contribution is 2.32. The number of phenolic OH excluding ortho intramolecular Hbond substituents is 1. The minimum Gasteiger partial charge on any atom is -0.506 e. The Balaban J connectivity index is 1.60. The average Bonchev–Trinajstić information content (AvgIpc) is 3.07. The molecule has 0 aliphatic heterocycles. The molecule has 0 bridgehead atoms. The predicted octanol–water partition coefficient (Wildman–Crippen LogP) is 7.14. The van der Waals surface area contributed by atoms with Gasteiger partial charge in [0.25, 0.3) is 0 Å². The van der Waals surface area contributed by atoms with Crippen molar-refractivity contribution >= 4 is 61.0 Å². The largest absolute Gasteiger partial charge is 0.506 e. The number of fused-ring (bicyclic) bond motifs is 1. The van der Waals surface area contributed by atoms with E-state index in [1.807, 2.05) is 24.3 Å². The van der Waals surface area contributed by atoms with Gasteiger partial charge in [0.1, 0.15) is 10.8 Å². The molecule has 0 spiro atoms. The van der Waals surface area contributed by atoms with Gasteiger partial charge in [-0.3, -0.25) is 4.99 Å². The van der Waals surface area contributed by atoms with Crippen LogP contribution in [0.2, 0.25) is 5.02 Å². The highest BCUT2D eigenvalue weighted by molar-refractivity contribution is 9.10. The van der Waals surface area contributed by atoms with Crippen LogP contribution in [0.25, 0.3) is 20.8 Å². The number of aliphatic imine (C=N–C) groups is 1. The van der Waals surface area contributed by atoms with Crippen LogP contribution < -0.4 is 0 Å². The Morgan fingerprint density at radius 2 is 1.89 bits per heavy atom. The second-order valence-electron chi connectivity index (χ2n) is 6.12. The summed E-state index contributed by atoms with van der Waals surface area (Å²) in [5, 5.41) is 11.3. The fourth-order valence-corrected chi connectivity index (χ4v) is 4.58. The van der Waals surface area contributed by atoms with Crippen molar-refractivity contribution in [1.82, 2.24) is 4.98 Å². The summed E-state index contributed by atoms with van der Waals surface area (Å²) in [4.78, 5) is 9.13. The first-order chi connectivity index (χ1) is 13.0. The zero-order valence-electron chi connectivity index (χ0n) is 14.3. The first-order valence-electron chi connectivity index (χ1n) is 8.19. The Labute approximate surface area is 174 Å². The van der Waals surface area contributed by atoms with Crippen LogP contribution in [0.3, 0.4) is 0 Å². The topological polar surface area (TPSA) is 45.5 Å². The van der Waals surface area contributed by atoms with E-state index in [-0.39, 0.29) is 10.8 Å². The van der Waals surface area contributed by atoms with Gasteiger partial charge in [-0.15, -0.1) is 11.3 Å². The van der Waals surface area contributed by atoms with E-state index in [2.05, 4.69) is 46.0 Å². The van der Waals surface area contributed by atoms with Crippen LogP contribution in [-0.4, -0.2) is 16.3 Å². The van der Waals surface area contributed by atoms with Crippen molar-refractivity contribution in [3.05, 3.63) is 75.2 Å². The van der Waals surface area contributed by atoms with Crippen LogP contribution in [0.1, 0.15) is 11.1 Å². The second-order valence-corrected chi connectivity index (χ2v) is 8.47. The Morgan fingerprint density at radius 1 is 1.11 bits per heavy atom. The molecule has 27 heavy (non-hydrogen) atoms. The molecule has 1 aromatic heterocycles. The van der Waals surface area contributed by atoms with Crippen LogP contribution in [0, 0.1) is 6.92 Å². The molecule has 0 atom stereocenters. The van der Waals surface area contributed by atoms with E-state index < -0.39 is 0 Å². The number of rotatable bonds is 3. The number of aromatic nitrogens is 1. The summed E-state index contributed by atoms with van der Waals surface area (Å²) in [6, 6.07) is 17.6. The Hall–Kier alpha value is -2.21. The van der Waals surface area contributed by atoms with Crippen molar-refractivity contribution in [1.29, 1.82) is 0 Å². The van der Waals surface area contributed by atoms with Crippen LogP contribution >= 0.6 is 38.9 Å². The summed E-state index contributed by atoms with van der Waals surface area (Å²) in [5.41, 5.74) is 4.65. The molecule has 0 unspecified atom stereocenters. The minimum atomic E-state index is 0.0185. The number of hydrogen-bond donors (Lipinski definition) is 1. The lowest BCUT2D eigenvalue weighted by Gasteiger charge is -2.02. The molecule has 0 aliphatic rings. The van der Waals surface area contributed by atoms with Gasteiger partial charge < -0.3 is 5.11 Å². The SMILES string of the molecule is Cc1ccc2nc(-c3ccc(N=Cc4cc(Br)cc(Cl)c4O)cc3)sc2c1. The molecule has 0 saturated carbocycles. The quantitative estimate of drug-likeness (QED) is 0.332. The molecule has 1 heterocycles. The second kappa shape index (κ2) is 7.43. The molecule has 0 amide bonds. The standard InChI is InChI=1S/C21H14BrClN2OS/c1-12-2-7-18-19(8-12)27-21(25-18)13-3-5-16(6-4-13)24-11-14-9-15(22)10-17(23)20(14)26/h2-11,26H,1H3. The molecule has 6 heteroatoms. The lowest BCUT2D eigenvalue weighted by Crippen LogP contribution is -1.84. The monoisotopic (exact) mass is 456 g/mol. The minimum absolute atomic E-state index is 0.0185. The lowest BCUT2D eigenvalue weighted by atomic mass is 10.2. The molecular weight excluding hydrogens is 444 g/mol. The Kier molecular flexibility index (Phi) is 5.00. The van der Waals surface area contributed by atoms with E-state index in [0.29, 0.717) is 5.56 Å². The molecule has 0 aliphatic carbocycles. The van der Waals surface area contributed by atoms with Gasteiger partial charge in [-0.25, -0.2) is 4.98 Å². The van der Waals surface area contributed by atoms with Gasteiger partial charge in [-0.2, -0.15) is 0 Å². The van der Waals surface area contributed by atoms with E-state index >= 15 is 0 Å². The summed E-state index contributed by atoms with van der Waals surface area (Å²) in [5.74, 6) is 0.0185. The summed E-state index contributed by atoms with van der Waals surface area (Å²) in [6.07, 6.45) is 1.60. The third-order valence-electron chi connectivity index (χ3n) is 4.07. The van der Waals surface area contributed by atoms with Crippen molar-refractivity contribution in [3.63, 3.8) is 0 Å². The number of aromatic hydroxyl groups is 1. The van der Waals surface area contributed by atoms with E-state index in [1.165, 1.54) is 10.3 Å². The summed E-state index contributed by atoms with van der Waals surface area (Å²) in [7, 11) is 0. The number of benzene rings is 3. The number of phenols is 1. The van der Waals surface area contributed by atoms with Crippen molar-refractivity contribution in [3.8, 4) is 16.3 Å². The van der Waals surface area contributed by atoms with Gasteiger partial charge in [0.15, 0.2) is 0 Å². The van der Waals surface area contributed by atoms with Gasteiger partial charge in [0, 0.05) is 21.8 Å². The number of halogens is 2. The number of nitrogens with zero attached hydrogens (tertiary/aromatic N) is 2. The van der Waals surface area contributed by atoms with Gasteiger partial charge in [0.2, 0.25) is 0 Å². The molecule has 0 fully saturated rings. The van der Waals surface area contributed by atoms with E-state index in [4.69, 9.17) is 16.6 Å². The first kappa shape index (κ1) is 18.2. The smallest absolute Gasteiger partial charge is 0.143 e. The van der Waals surface area contributed by atoms with Crippen LogP contribution in [0.15, 0.2) is 64.1 Å². The molecule has 0 radical (unpaired) electrons. The predicted molar refractivity (Wildman–Crippen MR) is 118 cm³/mol. The average molecular weight is 458 g/mol. The molecule has 4 aromatic rings. The highest BCUT2D eigenvalue weighted by Gasteiger charge is 2.07. The summed E-state index contributed by atoms with van der Waals surface area (Å²) in [6.45, 7) is 2.09. The number of aryl methyl sites for hydroxylation is 1. The number of thiazole rings is 1. The maximum absolute atomic E-state index is 10.0. The van der Waals surface area contributed by atoms with Crippen molar-refractivity contribution in [2.75, 3.05) is 0 Å². The van der Waals surface area contributed by atoms with Gasteiger partial charge in [0.05, 0.1) is 20.9 Å². The van der Waals surface area contributed by atoms with Gasteiger partial charge >= 0.3 is 0 Å².